The zero-order valence-electron chi connectivity index (χ0n) is 23.7. The van der Waals surface area contributed by atoms with Crippen molar-refractivity contribution in [1.29, 1.82) is 0 Å². The quantitative estimate of drug-likeness (QED) is 0.164. The maximum Gasteiger partial charge on any atom is 0.220 e. The van der Waals surface area contributed by atoms with Crippen LogP contribution >= 0.6 is 0 Å². The van der Waals surface area contributed by atoms with Crippen LogP contribution in [0.1, 0.15) is 77.3 Å². The van der Waals surface area contributed by atoms with Crippen molar-refractivity contribution >= 4 is 23.4 Å². The van der Waals surface area contributed by atoms with Crippen molar-refractivity contribution in [3.05, 3.63) is 11.9 Å². The van der Waals surface area contributed by atoms with E-state index in [0.717, 1.165) is 31.5 Å². The molecular weight excluding hydrogens is 506 g/mol. The van der Waals surface area contributed by atoms with E-state index in [1.807, 2.05) is 6.20 Å². The number of aromatic nitrogens is 3. The number of nitrogens with zero attached hydrogens (tertiary/aromatic N) is 3. The maximum atomic E-state index is 12.0. The number of carbonyl (C=O) groups excluding carboxylic acids is 4. The Morgan fingerprint density at radius 1 is 0.692 bits per heavy atom. The molecule has 1 heterocycles. The highest BCUT2D eigenvalue weighted by Gasteiger charge is 2.05. The molecule has 0 saturated carbocycles. The minimum absolute atomic E-state index is 0.0141. The Kier molecular flexibility index (Phi) is 20.4. The third-order valence-electron chi connectivity index (χ3n) is 5.61. The number of nitrogens with one attached hydrogen (secondary N) is 2. The Hall–Kier alpha value is -2.70. The smallest absolute Gasteiger partial charge is 0.220 e. The third kappa shape index (κ3) is 21.9. The van der Waals surface area contributed by atoms with E-state index in [-0.39, 0.29) is 36.2 Å². The van der Waals surface area contributed by atoms with Crippen LogP contribution in [0.4, 0.5) is 0 Å². The minimum Gasteiger partial charge on any atom is -0.379 e. The van der Waals surface area contributed by atoms with Crippen LogP contribution in [0, 0.1) is 0 Å². The molecule has 0 aliphatic rings. The lowest BCUT2D eigenvalue weighted by molar-refractivity contribution is -0.124. The molecule has 12 heteroatoms. The third-order valence-corrected chi connectivity index (χ3v) is 5.61. The molecule has 222 valence electrons. The summed E-state index contributed by atoms with van der Waals surface area (Å²) >= 11 is 0. The first-order valence-corrected chi connectivity index (χ1v) is 14.0. The molecule has 39 heavy (non-hydrogen) atoms. The van der Waals surface area contributed by atoms with E-state index in [1.165, 1.54) is 6.92 Å². The number of amides is 2. The second-order valence-electron chi connectivity index (χ2n) is 9.43. The van der Waals surface area contributed by atoms with Crippen LogP contribution in [0.5, 0.6) is 0 Å². The molecule has 0 bridgehead atoms. The van der Waals surface area contributed by atoms with Gasteiger partial charge in [-0.2, -0.15) is 0 Å². The fourth-order valence-corrected chi connectivity index (χ4v) is 3.45. The van der Waals surface area contributed by atoms with Gasteiger partial charge in [0.05, 0.1) is 32.1 Å². The number of carbonyl (C=O) groups is 4. The van der Waals surface area contributed by atoms with Gasteiger partial charge in [0, 0.05) is 64.7 Å². The molecule has 1 aromatic rings. The number of Topliss-reactive ketones (excluding diaryl/α,β-unsaturated/α-hetero) is 2. The molecule has 0 unspecified atom stereocenters. The Balaban J connectivity index is 1.83. The van der Waals surface area contributed by atoms with E-state index >= 15 is 0 Å². The van der Waals surface area contributed by atoms with Crippen LogP contribution in [0.3, 0.4) is 0 Å². The predicted molar refractivity (Wildman–Crippen MR) is 145 cm³/mol. The second kappa shape index (κ2) is 23.2. The largest absolute Gasteiger partial charge is 0.379 e. The van der Waals surface area contributed by atoms with Crippen molar-refractivity contribution in [2.75, 3.05) is 52.7 Å². The first-order valence-electron chi connectivity index (χ1n) is 14.0. The minimum atomic E-state index is -0.111. The van der Waals surface area contributed by atoms with Gasteiger partial charge in [0.15, 0.2) is 0 Å². The summed E-state index contributed by atoms with van der Waals surface area (Å²) in [6, 6.07) is 0. The van der Waals surface area contributed by atoms with Crippen LogP contribution in [0.15, 0.2) is 6.20 Å². The number of unbranched alkanes of at least 4 members (excludes halogenated alkanes) is 1. The van der Waals surface area contributed by atoms with E-state index in [4.69, 9.17) is 14.2 Å². The van der Waals surface area contributed by atoms with Gasteiger partial charge in [-0.15, -0.1) is 5.10 Å². The van der Waals surface area contributed by atoms with Crippen LogP contribution in [-0.4, -0.2) is 91.1 Å². The van der Waals surface area contributed by atoms with Gasteiger partial charge in [-0.25, -0.2) is 0 Å². The highest BCUT2D eigenvalue weighted by molar-refractivity contribution is 5.83. The van der Waals surface area contributed by atoms with Gasteiger partial charge in [-0.3, -0.25) is 14.3 Å². The van der Waals surface area contributed by atoms with E-state index in [1.54, 1.807) is 11.6 Å². The summed E-state index contributed by atoms with van der Waals surface area (Å²) < 4.78 is 18.2. The first-order chi connectivity index (χ1) is 18.9. The molecule has 1 rings (SSSR count). The van der Waals surface area contributed by atoms with Gasteiger partial charge < -0.3 is 34.4 Å². The monoisotopic (exact) mass is 553 g/mol. The van der Waals surface area contributed by atoms with Gasteiger partial charge >= 0.3 is 0 Å². The lowest BCUT2D eigenvalue weighted by atomic mass is 10.2. The highest BCUT2D eigenvalue weighted by Crippen LogP contribution is 2.04. The summed E-state index contributed by atoms with van der Waals surface area (Å²) in [6.45, 7) is 7.92. The molecule has 0 radical (unpaired) electrons. The first kappa shape index (κ1) is 34.3. The lowest BCUT2D eigenvalue weighted by Gasteiger charge is -2.08. The molecule has 0 aromatic carbocycles. The number of rotatable bonds is 26. The molecular formula is C27H47N5O7. The molecule has 0 spiro atoms. The lowest BCUT2D eigenvalue weighted by Crippen LogP contribution is -2.25. The predicted octanol–water partition coefficient (Wildman–Crippen LogP) is 1.79. The van der Waals surface area contributed by atoms with E-state index in [9.17, 15) is 19.2 Å². The fraction of sp³-hybridized carbons (Fsp3) is 0.778. The zero-order chi connectivity index (χ0) is 28.6. The Morgan fingerprint density at radius 3 is 1.85 bits per heavy atom. The normalized spacial score (nSPS) is 10.9. The molecule has 2 amide bonds. The average Bonchev–Trinajstić information content (AvgIpc) is 3.35. The molecule has 0 fully saturated rings. The summed E-state index contributed by atoms with van der Waals surface area (Å²) in [7, 11) is 0. The fourth-order valence-electron chi connectivity index (χ4n) is 3.45. The van der Waals surface area contributed by atoms with Crippen molar-refractivity contribution in [3.8, 4) is 0 Å². The topological polar surface area (TPSA) is 151 Å². The van der Waals surface area contributed by atoms with Crippen LogP contribution < -0.4 is 10.6 Å². The van der Waals surface area contributed by atoms with Gasteiger partial charge in [0.2, 0.25) is 11.8 Å². The Morgan fingerprint density at radius 2 is 1.26 bits per heavy atom. The molecule has 2 N–H and O–H groups in total. The van der Waals surface area contributed by atoms with Crippen LogP contribution in [0.2, 0.25) is 0 Å². The van der Waals surface area contributed by atoms with Gasteiger partial charge in [-0.1, -0.05) is 5.21 Å². The van der Waals surface area contributed by atoms with Crippen molar-refractivity contribution in [2.24, 2.45) is 0 Å². The van der Waals surface area contributed by atoms with Crippen LogP contribution in [0.25, 0.3) is 0 Å². The zero-order valence-corrected chi connectivity index (χ0v) is 23.7. The Bertz CT molecular complexity index is 831. The van der Waals surface area contributed by atoms with E-state index < -0.39 is 0 Å². The SMILES string of the molecule is CC(=O)CCCCn1cc(CCCC(=O)NCCCOCCOCCOCCCNC(=O)CCC(C)=O)nn1. The summed E-state index contributed by atoms with van der Waals surface area (Å²) in [4.78, 5) is 45.2. The summed E-state index contributed by atoms with van der Waals surface area (Å²) in [6.07, 6.45) is 8.08. The number of aryl methyl sites for hydroxylation is 2. The average molecular weight is 554 g/mol. The van der Waals surface area contributed by atoms with Crippen molar-refractivity contribution in [1.82, 2.24) is 25.6 Å². The number of ether oxygens (including phenoxy) is 3. The maximum absolute atomic E-state index is 12.0. The van der Waals surface area contributed by atoms with Gasteiger partial charge in [0.25, 0.3) is 0 Å². The number of hydrogen-bond donors (Lipinski definition) is 2. The van der Waals surface area contributed by atoms with E-state index in [2.05, 4.69) is 20.9 Å². The Labute approximate surface area is 231 Å². The summed E-state index contributed by atoms with van der Waals surface area (Å²) in [5.74, 6) is 0.131. The van der Waals surface area contributed by atoms with Gasteiger partial charge in [0.1, 0.15) is 11.6 Å². The molecule has 0 aliphatic heterocycles. The molecule has 12 nitrogen and oxygen atoms in total. The number of ketones is 2. The van der Waals surface area contributed by atoms with Crippen molar-refractivity contribution < 1.29 is 33.4 Å². The number of hydrogen-bond acceptors (Lipinski definition) is 9. The van der Waals surface area contributed by atoms with Gasteiger partial charge in [-0.05, 0) is 52.4 Å². The van der Waals surface area contributed by atoms with E-state index in [0.29, 0.717) is 84.8 Å². The van der Waals surface area contributed by atoms with Crippen LogP contribution in [-0.2, 0) is 46.4 Å². The molecule has 1 aromatic heterocycles. The standard InChI is InChI=1S/C27H47N5O7/c1-23(33)8-3-4-15-32-22-25(30-31-32)9-5-10-26(35)28-13-6-16-37-18-20-39-21-19-38-17-7-14-29-27(36)12-11-24(2)34/h22H,3-21H2,1-2H3,(H,28,35)(H,29,36). The summed E-state index contributed by atoms with van der Waals surface area (Å²) in [5, 5.41) is 13.9. The molecule has 0 atom stereocenters. The van der Waals surface area contributed by atoms with Crippen molar-refractivity contribution in [3.63, 3.8) is 0 Å². The molecule has 0 aliphatic carbocycles. The second-order valence-corrected chi connectivity index (χ2v) is 9.43. The molecule has 0 saturated heterocycles. The highest BCUT2D eigenvalue weighted by atomic mass is 16.5. The van der Waals surface area contributed by atoms with Crippen molar-refractivity contribution in [2.45, 2.75) is 84.6 Å². The summed E-state index contributed by atoms with van der Waals surface area (Å²) in [5.41, 5.74) is 0.875.